The molecule has 3 heterocycles. The highest BCUT2D eigenvalue weighted by Crippen LogP contribution is 2.23. The molecule has 4 rings (SSSR count). The summed E-state index contributed by atoms with van der Waals surface area (Å²) in [5, 5.41) is 12.5. The highest BCUT2D eigenvalue weighted by atomic mass is 32.1. The van der Waals surface area contributed by atoms with E-state index in [4.69, 9.17) is 9.72 Å². The second-order valence-electron chi connectivity index (χ2n) is 7.96. The van der Waals surface area contributed by atoms with E-state index >= 15 is 0 Å². The smallest absolute Gasteiger partial charge is 0.240 e. The molecule has 1 fully saturated rings. The van der Waals surface area contributed by atoms with Crippen molar-refractivity contribution in [3.63, 3.8) is 0 Å². The highest BCUT2D eigenvalue weighted by molar-refractivity contribution is 7.15. The van der Waals surface area contributed by atoms with E-state index in [1.807, 2.05) is 36.4 Å². The summed E-state index contributed by atoms with van der Waals surface area (Å²) in [6.07, 6.45) is 0.639. The van der Waals surface area contributed by atoms with Crippen molar-refractivity contribution in [2.75, 3.05) is 31.6 Å². The molecule has 0 saturated carbocycles. The van der Waals surface area contributed by atoms with Crippen molar-refractivity contribution in [2.45, 2.75) is 32.3 Å². The number of benzene rings is 1. The second kappa shape index (κ2) is 10.1. The van der Waals surface area contributed by atoms with Gasteiger partial charge in [-0.1, -0.05) is 61.6 Å². The lowest BCUT2D eigenvalue weighted by atomic mass is 10.1. The Hall–Kier alpha value is -2.68. The van der Waals surface area contributed by atoms with Gasteiger partial charge in [-0.25, -0.2) is 0 Å². The fourth-order valence-electron chi connectivity index (χ4n) is 3.49. The van der Waals surface area contributed by atoms with Crippen LogP contribution in [0.3, 0.4) is 0 Å². The first kappa shape index (κ1) is 21.5. The van der Waals surface area contributed by atoms with E-state index in [9.17, 15) is 4.79 Å². The first-order valence-corrected chi connectivity index (χ1v) is 11.4. The van der Waals surface area contributed by atoms with E-state index < -0.39 is 0 Å². The molecule has 1 unspecified atom stereocenters. The van der Waals surface area contributed by atoms with Crippen LogP contribution in [0.4, 0.5) is 5.13 Å². The van der Waals surface area contributed by atoms with Gasteiger partial charge in [0.15, 0.2) is 0 Å². The third-order valence-corrected chi connectivity index (χ3v) is 6.22. The van der Waals surface area contributed by atoms with Crippen molar-refractivity contribution in [2.24, 2.45) is 0 Å². The maximum Gasteiger partial charge on any atom is 0.240 e. The summed E-state index contributed by atoms with van der Waals surface area (Å²) in [5.74, 6) is 0.214. The molecule has 2 aromatic heterocycles. The number of rotatable bonds is 7. The van der Waals surface area contributed by atoms with Crippen LogP contribution in [0, 0.1) is 0 Å². The van der Waals surface area contributed by atoms with Gasteiger partial charge in [0.05, 0.1) is 18.8 Å². The minimum Gasteiger partial charge on any atom is -0.369 e. The van der Waals surface area contributed by atoms with Gasteiger partial charge in [-0.2, -0.15) is 0 Å². The molecule has 8 heteroatoms. The molecule has 1 aromatic carbocycles. The van der Waals surface area contributed by atoms with Gasteiger partial charge in [-0.15, -0.1) is 10.2 Å². The zero-order valence-electron chi connectivity index (χ0n) is 17.8. The normalized spacial score (nSPS) is 17.1. The lowest BCUT2D eigenvalue weighted by molar-refractivity contribution is -0.119. The maximum atomic E-state index is 12.5. The zero-order chi connectivity index (χ0) is 21.6. The molecule has 1 atom stereocenters. The molecule has 3 aromatic rings. The van der Waals surface area contributed by atoms with Crippen LogP contribution in [0.5, 0.6) is 0 Å². The van der Waals surface area contributed by atoms with Gasteiger partial charge >= 0.3 is 0 Å². The number of nitrogens with one attached hydrogen (secondary N) is 1. The summed E-state index contributed by atoms with van der Waals surface area (Å²) in [4.78, 5) is 19.4. The van der Waals surface area contributed by atoms with Crippen LogP contribution in [0.25, 0.3) is 0 Å². The largest absolute Gasteiger partial charge is 0.369 e. The Balaban J connectivity index is 1.34. The summed E-state index contributed by atoms with van der Waals surface area (Å²) >= 11 is 1.42. The number of morpholine rings is 1. The van der Waals surface area contributed by atoms with E-state index in [-0.39, 0.29) is 12.0 Å². The summed E-state index contributed by atoms with van der Waals surface area (Å²) in [7, 11) is 0. The summed E-state index contributed by atoms with van der Waals surface area (Å²) < 4.78 is 5.97. The van der Waals surface area contributed by atoms with Gasteiger partial charge in [-0.05, 0) is 17.7 Å². The van der Waals surface area contributed by atoms with Crippen molar-refractivity contribution in [1.82, 2.24) is 20.1 Å². The van der Waals surface area contributed by atoms with E-state index in [1.165, 1.54) is 16.9 Å². The molecular weight excluding hydrogens is 410 g/mol. The van der Waals surface area contributed by atoms with Crippen molar-refractivity contribution in [1.29, 1.82) is 0 Å². The Labute approximate surface area is 186 Å². The number of hydrogen-bond acceptors (Lipinski definition) is 7. The number of anilines is 1. The van der Waals surface area contributed by atoms with Crippen LogP contribution in [0.15, 0.2) is 48.5 Å². The van der Waals surface area contributed by atoms with Gasteiger partial charge in [0.25, 0.3) is 0 Å². The van der Waals surface area contributed by atoms with E-state index in [0.29, 0.717) is 37.3 Å². The van der Waals surface area contributed by atoms with Crippen molar-refractivity contribution >= 4 is 22.4 Å². The molecule has 1 aliphatic heterocycles. The summed E-state index contributed by atoms with van der Waals surface area (Å²) in [5.41, 5.74) is 3.15. The molecule has 0 aliphatic carbocycles. The first-order valence-electron chi connectivity index (χ1n) is 10.5. The minimum absolute atomic E-state index is 0.0853. The average molecular weight is 438 g/mol. The molecule has 0 bridgehead atoms. The molecule has 162 valence electrons. The lowest BCUT2D eigenvalue weighted by Gasteiger charge is -2.32. The number of carbonyl (C=O) groups is 1. The quantitative estimate of drug-likeness (QED) is 0.608. The molecule has 0 spiro atoms. The molecule has 0 radical (unpaired) electrons. The minimum atomic E-state index is -0.147. The van der Waals surface area contributed by atoms with Gasteiger partial charge in [0.1, 0.15) is 11.1 Å². The third kappa shape index (κ3) is 5.94. The van der Waals surface area contributed by atoms with Crippen molar-refractivity contribution in [3.8, 4) is 0 Å². The van der Waals surface area contributed by atoms with Gasteiger partial charge in [-0.3, -0.25) is 20.0 Å². The van der Waals surface area contributed by atoms with Crippen LogP contribution < -0.4 is 5.32 Å². The number of ether oxygens (including phenoxy) is 1. The number of aromatic nitrogens is 3. The molecule has 31 heavy (non-hydrogen) atoms. The molecule has 1 aliphatic rings. The van der Waals surface area contributed by atoms with Crippen molar-refractivity contribution < 1.29 is 9.53 Å². The fourth-order valence-corrected chi connectivity index (χ4v) is 4.25. The number of pyridine rings is 1. The van der Waals surface area contributed by atoms with E-state index in [2.05, 4.69) is 46.4 Å². The van der Waals surface area contributed by atoms with Gasteiger partial charge in [0.2, 0.25) is 11.0 Å². The predicted molar refractivity (Wildman–Crippen MR) is 121 cm³/mol. The van der Waals surface area contributed by atoms with Crippen LogP contribution >= 0.6 is 11.3 Å². The summed E-state index contributed by atoms with van der Waals surface area (Å²) in [6.45, 7) is 6.31. The number of carbonyl (C=O) groups excluding carboxylic acids is 1. The Morgan fingerprint density at radius 3 is 2.81 bits per heavy atom. The monoisotopic (exact) mass is 437 g/mol. The van der Waals surface area contributed by atoms with E-state index in [1.54, 1.807) is 0 Å². The highest BCUT2D eigenvalue weighted by Gasteiger charge is 2.25. The maximum absolute atomic E-state index is 12.5. The standard InChI is InChI=1S/C23H27N5O2S/c1-16(2)22-26-27-23(31-22)25-21(29)15-28-11-12-30-20(14-28)19-10-6-9-18(24-19)13-17-7-4-3-5-8-17/h3-10,16,20H,11-15H2,1-2H3,(H,25,27,29). The Bertz CT molecular complexity index is 1010. The lowest BCUT2D eigenvalue weighted by Crippen LogP contribution is -2.42. The van der Waals surface area contributed by atoms with Crippen LogP contribution in [-0.2, 0) is 16.0 Å². The first-order chi connectivity index (χ1) is 15.1. The third-order valence-electron chi connectivity index (χ3n) is 5.08. The topological polar surface area (TPSA) is 80.2 Å². The number of nitrogens with zero attached hydrogens (tertiary/aromatic N) is 4. The number of amides is 1. The average Bonchev–Trinajstić information content (AvgIpc) is 3.23. The fraction of sp³-hybridized carbons (Fsp3) is 0.391. The molecule has 1 saturated heterocycles. The summed E-state index contributed by atoms with van der Waals surface area (Å²) in [6, 6.07) is 16.4. The Morgan fingerprint density at radius 2 is 2.03 bits per heavy atom. The number of hydrogen-bond donors (Lipinski definition) is 1. The second-order valence-corrected chi connectivity index (χ2v) is 8.97. The molecular formula is C23H27N5O2S. The Kier molecular flexibility index (Phi) is 7.01. The molecule has 1 amide bonds. The molecule has 1 N–H and O–H groups in total. The van der Waals surface area contributed by atoms with Gasteiger partial charge < -0.3 is 4.74 Å². The van der Waals surface area contributed by atoms with Gasteiger partial charge in [0, 0.05) is 31.1 Å². The molecule has 7 nitrogen and oxygen atoms in total. The SMILES string of the molecule is CC(C)c1nnc(NC(=O)CN2CCOC(c3cccc(Cc4ccccc4)n3)C2)s1. The van der Waals surface area contributed by atoms with Crippen LogP contribution in [0.2, 0.25) is 0 Å². The van der Waals surface area contributed by atoms with Crippen molar-refractivity contribution in [3.05, 3.63) is 70.5 Å². The van der Waals surface area contributed by atoms with E-state index in [0.717, 1.165) is 22.8 Å². The van der Waals surface area contributed by atoms with Crippen LogP contribution in [-0.4, -0.2) is 52.2 Å². The van der Waals surface area contributed by atoms with Crippen LogP contribution in [0.1, 0.15) is 47.8 Å². The predicted octanol–water partition coefficient (Wildman–Crippen LogP) is 3.66. The zero-order valence-corrected chi connectivity index (χ0v) is 18.6. The Morgan fingerprint density at radius 1 is 1.19 bits per heavy atom.